The number of nitrogens with two attached hydrogens (primary N) is 1. The number of aromatic nitrogens is 2. The minimum Gasteiger partial charge on any atom is -0.383 e. The molecule has 1 saturated heterocycles. The van der Waals surface area contributed by atoms with Gasteiger partial charge in [-0.1, -0.05) is 6.07 Å². The monoisotopic (exact) mass is 456 g/mol. The van der Waals surface area contributed by atoms with Crippen molar-refractivity contribution < 1.29 is 27.4 Å². The number of pyridine rings is 2. The van der Waals surface area contributed by atoms with Crippen molar-refractivity contribution in [2.75, 3.05) is 18.9 Å². The topological polar surface area (TPSA) is 90.6 Å². The maximum absolute atomic E-state index is 13.7. The fourth-order valence-corrected chi connectivity index (χ4v) is 5.04. The first kappa shape index (κ1) is 20.4. The summed E-state index contributed by atoms with van der Waals surface area (Å²) in [6, 6.07) is 5.30. The number of amides is 1. The van der Waals surface area contributed by atoms with Gasteiger partial charge in [0.25, 0.3) is 5.91 Å². The van der Waals surface area contributed by atoms with E-state index in [1.165, 1.54) is 12.3 Å². The molecule has 2 atom stereocenters. The Bertz CT molecular complexity index is 1290. The molecule has 0 spiro atoms. The van der Waals surface area contributed by atoms with Crippen LogP contribution in [0.2, 0.25) is 0 Å². The molecule has 0 aliphatic carbocycles. The molecule has 0 radical (unpaired) electrons. The Kier molecular flexibility index (Phi) is 4.40. The quantitative estimate of drug-likeness (QED) is 0.604. The Labute approximate surface area is 186 Å². The fourth-order valence-electron chi connectivity index (χ4n) is 5.04. The predicted molar refractivity (Wildman–Crippen MR) is 111 cm³/mol. The van der Waals surface area contributed by atoms with Gasteiger partial charge >= 0.3 is 6.18 Å². The van der Waals surface area contributed by atoms with Crippen molar-refractivity contribution in [2.45, 2.75) is 37.9 Å². The molecule has 170 valence electrons. The maximum Gasteiger partial charge on any atom is 0.433 e. The Morgan fingerprint density at radius 2 is 1.91 bits per heavy atom. The van der Waals surface area contributed by atoms with E-state index < -0.39 is 17.9 Å². The van der Waals surface area contributed by atoms with Crippen LogP contribution in [0.4, 0.5) is 19.0 Å². The first-order valence-corrected chi connectivity index (χ1v) is 10.6. The summed E-state index contributed by atoms with van der Waals surface area (Å²) in [5, 5.41) is 0.836. The van der Waals surface area contributed by atoms with Crippen LogP contribution in [0, 0.1) is 0 Å². The molecule has 7 nitrogen and oxygen atoms in total. The number of nitrogen functional groups attached to an aromatic ring is 1. The normalized spacial score (nSPS) is 22.3. The van der Waals surface area contributed by atoms with Crippen molar-refractivity contribution in [3.05, 3.63) is 64.0 Å². The molecule has 0 unspecified atom stereocenters. The third-order valence-electron chi connectivity index (χ3n) is 6.65. The number of carbonyl (C=O) groups excluding carboxylic acids is 1. The molecule has 3 aromatic rings. The minimum atomic E-state index is -4.52. The second kappa shape index (κ2) is 7.13. The summed E-state index contributed by atoms with van der Waals surface area (Å²) in [5.74, 6) is 0.260. The zero-order valence-corrected chi connectivity index (χ0v) is 17.4. The number of alkyl halides is 3. The van der Waals surface area contributed by atoms with Crippen LogP contribution in [0.3, 0.4) is 0 Å². The Morgan fingerprint density at radius 3 is 2.67 bits per heavy atom. The lowest BCUT2D eigenvalue weighted by atomic mass is 9.88. The summed E-state index contributed by atoms with van der Waals surface area (Å²) < 4.78 is 50.1. The molecule has 5 heterocycles. The van der Waals surface area contributed by atoms with E-state index in [0.29, 0.717) is 43.2 Å². The number of nitrogens with zero attached hydrogens (tertiary/aromatic N) is 3. The lowest BCUT2D eigenvalue weighted by Gasteiger charge is -2.45. The highest BCUT2D eigenvalue weighted by atomic mass is 19.4. The predicted octanol–water partition coefficient (Wildman–Crippen LogP) is 3.40. The molecule has 3 aliphatic heterocycles. The van der Waals surface area contributed by atoms with E-state index in [4.69, 9.17) is 15.2 Å². The van der Waals surface area contributed by atoms with Gasteiger partial charge in [0.1, 0.15) is 11.5 Å². The summed E-state index contributed by atoms with van der Waals surface area (Å²) in [6.07, 6.45) is -2.79. The number of halogens is 3. The summed E-state index contributed by atoms with van der Waals surface area (Å²) in [7, 11) is 0. The smallest absolute Gasteiger partial charge is 0.383 e. The fraction of sp³-hybridized carbons (Fsp3) is 0.348. The van der Waals surface area contributed by atoms with Gasteiger partial charge in [-0.2, -0.15) is 13.2 Å². The summed E-state index contributed by atoms with van der Waals surface area (Å²) >= 11 is 0. The highest BCUT2D eigenvalue weighted by Crippen LogP contribution is 2.39. The van der Waals surface area contributed by atoms with Crippen LogP contribution in [0.15, 0.2) is 30.5 Å². The first-order valence-electron chi connectivity index (χ1n) is 10.6. The molecule has 0 bridgehead atoms. The summed E-state index contributed by atoms with van der Waals surface area (Å²) in [6.45, 7) is 1.34. The van der Waals surface area contributed by atoms with Crippen molar-refractivity contribution in [2.24, 2.45) is 0 Å². The second-order valence-electron chi connectivity index (χ2n) is 8.57. The van der Waals surface area contributed by atoms with E-state index in [0.717, 1.165) is 33.7 Å². The number of ether oxygens (including phenoxy) is 2. The van der Waals surface area contributed by atoms with Crippen LogP contribution in [0.1, 0.15) is 44.3 Å². The van der Waals surface area contributed by atoms with Crippen LogP contribution in [0.25, 0.3) is 10.9 Å². The van der Waals surface area contributed by atoms with Gasteiger partial charge in [-0.15, -0.1) is 0 Å². The van der Waals surface area contributed by atoms with E-state index in [2.05, 4.69) is 9.97 Å². The van der Waals surface area contributed by atoms with Gasteiger partial charge in [-0.05, 0) is 41.3 Å². The maximum atomic E-state index is 13.7. The average molecular weight is 456 g/mol. The standard InChI is InChI=1S/C23H19F3N4O3/c24-23(25,26)20-2-1-11(6-28-20)19-10-32-7-13-3-12-4-18-15(5-14(12)22(31)30(13)19)16-8-33-9-17(16)21(27)29-18/h1-2,4-6,13,19H,3,7-10H2,(H2,27,29)/t13-,19-/m1/s1. The lowest BCUT2D eigenvalue weighted by Crippen LogP contribution is -2.54. The molecule has 6 rings (SSSR count). The Balaban J connectivity index is 1.41. The Hall–Kier alpha value is -3.24. The van der Waals surface area contributed by atoms with Gasteiger partial charge in [0.05, 0.1) is 44.0 Å². The molecule has 1 fully saturated rings. The molecule has 1 amide bonds. The SMILES string of the molecule is Nc1nc2cc3c(cc2c2c1COC2)C(=O)N1[C@@H](COC[C@@H]1c1ccc(C(F)(F)F)nc1)C3. The van der Waals surface area contributed by atoms with Gasteiger partial charge in [0.15, 0.2) is 0 Å². The van der Waals surface area contributed by atoms with Crippen LogP contribution in [0.5, 0.6) is 0 Å². The molecule has 1 aromatic carbocycles. The molecule has 3 aliphatic rings. The van der Waals surface area contributed by atoms with Gasteiger partial charge in [0, 0.05) is 22.7 Å². The summed E-state index contributed by atoms with van der Waals surface area (Å²) in [5.41, 5.74) is 9.58. The lowest BCUT2D eigenvalue weighted by molar-refractivity contribution is -0.141. The van der Waals surface area contributed by atoms with E-state index >= 15 is 0 Å². The second-order valence-corrected chi connectivity index (χ2v) is 8.57. The van der Waals surface area contributed by atoms with E-state index in [-0.39, 0.29) is 18.6 Å². The molecule has 10 heteroatoms. The van der Waals surface area contributed by atoms with Crippen LogP contribution in [-0.2, 0) is 35.3 Å². The van der Waals surface area contributed by atoms with E-state index in [1.807, 2.05) is 12.1 Å². The van der Waals surface area contributed by atoms with Crippen molar-refractivity contribution in [1.29, 1.82) is 0 Å². The summed E-state index contributed by atoms with van der Waals surface area (Å²) in [4.78, 5) is 23.5. The average Bonchev–Trinajstić information content (AvgIpc) is 3.29. The molecular formula is C23H19F3N4O3. The highest BCUT2D eigenvalue weighted by molar-refractivity contribution is 6.02. The number of fused-ring (bicyclic) bond motifs is 5. The number of morpholine rings is 1. The zero-order valence-electron chi connectivity index (χ0n) is 17.4. The van der Waals surface area contributed by atoms with Crippen molar-refractivity contribution >= 4 is 22.6 Å². The van der Waals surface area contributed by atoms with Gasteiger partial charge < -0.3 is 20.1 Å². The van der Waals surface area contributed by atoms with Gasteiger partial charge in [-0.25, -0.2) is 4.98 Å². The Morgan fingerprint density at radius 1 is 1.09 bits per heavy atom. The number of hydrogen-bond donors (Lipinski definition) is 1. The van der Waals surface area contributed by atoms with Crippen LogP contribution in [-0.4, -0.2) is 40.0 Å². The third-order valence-corrected chi connectivity index (χ3v) is 6.65. The zero-order chi connectivity index (χ0) is 22.9. The van der Waals surface area contributed by atoms with Crippen LogP contribution >= 0.6 is 0 Å². The number of rotatable bonds is 1. The number of hydrogen-bond acceptors (Lipinski definition) is 6. The van der Waals surface area contributed by atoms with Gasteiger partial charge in [-0.3, -0.25) is 9.78 Å². The molecule has 0 saturated carbocycles. The first-order chi connectivity index (χ1) is 15.8. The molecule has 33 heavy (non-hydrogen) atoms. The molecule has 2 aromatic heterocycles. The minimum absolute atomic E-state index is 0.180. The van der Waals surface area contributed by atoms with Crippen molar-refractivity contribution in [1.82, 2.24) is 14.9 Å². The number of anilines is 1. The molecule has 2 N–H and O–H groups in total. The van der Waals surface area contributed by atoms with E-state index in [1.54, 1.807) is 4.90 Å². The van der Waals surface area contributed by atoms with Crippen molar-refractivity contribution in [3.63, 3.8) is 0 Å². The van der Waals surface area contributed by atoms with Crippen LogP contribution < -0.4 is 5.73 Å². The van der Waals surface area contributed by atoms with Crippen molar-refractivity contribution in [3.8, 4) is 0 Å². The molecular weight excluding hydrogens is 437 g/mol. The number of benzene rings is 1. The number of carbonyl (C=O) groups is 1. The largest absolute Gasteiger partial charge is 0.433 e. The highest BCUT2D eigenvalue weighted by Gasteiger charge is 2.41. The third kappa shape index (κ3) is 3.16. The van der Waals surface area contributed by atoms with E-state index in [9.17, 15) is 18.0 Å². The van der Waals surface area contributed by atoms with Gasteiger partial charge in [0.2, 0.25) is 0 Å².